The second kappa shape index (κ2) is 6.74. The largest absolute Gasteiger partial charge is 0.353 e. The summed E-state index contributed by atoms with van der Waals surface area (Å²) in [6.07, 6.45) is 8.69. The number of rotatable bonds is 3. The third kappa shape index (κ3) is 2.55. The molecule has 0 aromatic carbocycles. The maximum atomic E-state index is 13.3. The Hall–Kier alpha value is -1.06. The van der Waals surface area contributed by atoms with Gasteiger partial charge in [-0.1, -0.05) is 20.8 Å². The molecule has 0 spiro atoms. The summed E-state index contributed by atoms with van der Waals surface area (Å²) in [5, 5.41) is 3.34. The molecule has 2 unspecified atom stereocenters. The van der Waals surface area contributed by atoms with E-state index in [-0.39, 0.29) is 28.1 Å². The molecule has 0 aromatic heterocycles. The van der Waals surface area contributed by atoms with Crippen LogP contribution in [0.2, 0.25) is 0 Å². The summed E-state index contributed by atoms with van der Waals surface area (Å²) >= 11 is 0. The summed E-state index contributed by atoms with van der Waals surface area (Å²) in [4.78, 5) is 27.4. The van der Waals surface area contributed by atoms with Gasteiger partial charge in [0.15, 0.2) is 0 Å². The first-order valence-electron chi connectivity index (χ1n) is 11.8. The van der Waals surface area contributed by atoms with E-state index in [9.17, 15) is 9.59 Å². The van der Waals surface area contributed by atoms with Crippen molar-refractivity contribution in [1.82, 2.24) is 10.2 Å². The Labute approximate surface area is 171 Å². The van der Waals surface area contributed by atoms with E-state index in [4.69, 9.17) is 0 Å². The highest BCUT2D eigenvalue weighted by molar-refractivity contribution is 5.80. The molecule has 7 atom stereocenters. The van der Waals surface area contributed by atoms with Crippen LogP contribution in [0, 0.1) is 34.0 Å². The summed E-state index contributed by atoms with van der Waals surface area (Å²) in [7, 11) is 0. The number of nitrogens with one attached hydrogen (secondary N) is 1. The van der Waals surface area contributed by atoms with E-state index < -0.39 is 0 Å². The normalized spacial score (nSPS) is 47.5. The summed E-state index contributed by atoms with van der Waals surface area (Å²) in [5.74, 6) is 2.21. The van der Waals surface area contributed by atoms with E-state index >= 15 is 0 Å². The van der Waals surface area contributed by atoms with Gasteiger partial charge in [-0.15, -0.1) is 0 Å². The van der Waals surface area contributed by atoms with Gasteiger partial charge >= 0.3 is 0 Å². The van der Waals surface area contributed by atoms with Crippen molar-refractivity contribution in [2.24, 2.45) is 34.0 Å². The minimum atomic E-state index is 0.158. The minimum absolute atomic E-state index is 0.158. The van der Waals surface area contributed by atoms with Gasteiger partial charge in [0.2, 0.25) is 11.8 Å². The third-order valence-electron chi connectivity index (χ3n) is 10.3. The molecule has 4 fully saturated rings. The van der Waals surface area contributed by atoms with Crippen LogP contribution < -0.4 is 5.32 Å². The Kier molecular flexibility index (Phi) is 4.87. The number of nitrogens with zero attached hydrogens (tertiary/aromatic N) is 1. The first kappa shape index (κ1) is 20.2. The van der Waals surface area contributed by atoms with Crippen molar-refractivity contribution >= 4 is 11.8 Å². The van der Waals surface area contributed by atoms with Gasteiger partial charge in [0.05, 0.1) is 0 Å². The number of hydrogen-bond acceptors (Lipinski definition) is 2. The molecule has 1 N–H and O–H groups in total. The Balaban J connectivity index is 1.63. The molecule has 4 rings (SSSR count). The number of amides is 2. The van der Waals surface area contributed by atoms with Gasteiger partial charge in [-0.25, -0.2) is 0 Å². The van der Waals surface area contributed by atoms with Crippen molar-refractivity contribution in [2.45, 2.75) is 92.0 Å². The lowest BCUT2D eigenvalue weighted by Gasteiger charge is -2.66. The van der Waals surface area contributed by atoms with E-state index in [1.54, 1.807) is 0 Å². The lowest BCUT2D eigenvalue weighted by Crippen LogP contribution is -2.65. The highest BCUT2D eigenvalue weighted by atomic mass is 16.2. The Morgan fingerprint density at radius 3 is 2.32 bits per heavy atom. The monoisotopic (exact) mass is 388 g/mol. The molecule has 0 bridgehead atoms. The second-order valence-corrected chi connectivity index (χ2v) is 10.9. The first-order chi connectivity index (χ1) is 13.2. The fraction of sp³-hybridized carbons (Fsp3) is 0.917. The quantitative estimate of drug-likeness (QED) is 0.780. The van der Waals surface area contributed by atoms with Gasteiger partial charge in [0.25, 0.3) is 0 Å². The fourth-order valence-corrected chi connectivity index (χ4v) is 8.23. The molecule has 3 aliphatic carbocycles. The van der Waals surface area contributed by atoms with E-state index in [1.807, 2.05) is 0 Å². The standard InChI is InChI=1S/C24H40N2O2/c1-6-26(7-2)21(28)18-9-8-16-17-10-11-19-24(5,13-12-20(27)25-19)23(17,4)15-14-22(16,18)3/h16-19H,6-15H2,1-5H3,(H,25,27)/t16-,17-,18?,19?,22-,23+,24-/m0/s1. The molecule has 0 aromatic rings. The molecule has 2 amide bonds. The molecule has 4 heteroatoms. The Morgan fingerprint density at radius 1 is 0.964 bits per heavy atom. The van der Waals surface area contributed by atoms with Gasteiger partial charge in [-0.2, -0.15) is 0 Å². The SMILES string of the molecule is CCN(CC)C(=O)C1CC[C@H]2[C@@H]3CCC4NC(=O)CC[C@]4(C)[C@]3(C)CC[C@]12C. The van der Waals surface area contributed by atoms with Crippen LogP contribution in [0.1, 0.15) is 86.0 Å². The predicted octanol–water partition coefficient (Wildman–Crippen LogP) is 4.38. The molecule has 0 radical (unpaired) electrons. The molecule has 158 valence electrons. The van der Waals surface area contributed by atoms with Crippen LogP contribution in [-0.4, -0.2) is 35.8 Å². The zero-order valence-corrected chi connectivity index (χ0v) is 18.6. The smallest absolute Gasteiger partial charge is 0.226 e. The predicted molar refractivity (Wildman–Crippen MR) is 112 cm³/mol. The molecule has 4 nitrogen and oxygen atoms in total. The van der Waals surface area contributed by atoms with Crippen molar-refractivity contribution in [1.29, 1.82) is 0 Å². The van der Waals surface area contributed by atoms with Crippen molar-refractivity contribution in [2.75, 3.05) is 13.1 Å². The maximum absolute atomic E-state index is 13.3. The Bertz CT molecular complexity index is 659. The zero-order valence-electron chi connectivity index (χ0n) is 18.6. The van der Waals surface area contributed by atoms with Gasteiger partial charge < -0.3 is 10.2 Å². The van der Waals surface area contributed by atoms with Crippen LogP contribution in [0.5, 0.6) is 0 Å². The molecule has 4 aliphatic rings. The van der Waals surface area contributed by atoms with Crippen LogP contribution in [-0.2, 0) is 9.59 Å². The number of piperidine rings is 1. The second-order valence-electron chi connectivity index (χ2n) is 10.9. The van der Waals surface area contributed by atoms with E-state index in [1.165, 1.54) is 25.7 Å². The molecule has 28 heavy (non-hydrogen) atoms. The molecule has 1 heterocycles. The first-order valence-corrected chi connectivity index (χ1v) is 11.8. The molecular weight excluding hydrogens is 348 g/mol. The molecule has 1 saturated heterocycles. The number of carbonyl (C=O) groups excluding carboxylic acids is 2. The van der Waals surface area contributed by atoms with E-state index in [0.29, 0.717) is 30.2 Å². The summed E-state index contributed by atoms with van der Waals surface area (Å²) in [5.41, 5.74) is 0.637. The molecular formula is C24H40N2O2. The fourth-order valence-electron chi connectivity index (χ4n) is 8.23. The number of fused-ring (bicyclic) bond motifs is 5. The summed E-state index contributed by atoms with van der Waals surface area (Å²) in [6.45, 7) is 13.3. The third-order valence-corrected chi connectivity index (χ3v) is 10.3. The highest BCUT2D eigenvalue weighted by Crippen LogP contribution is 2.70. The minimum Gasteiger partial charge on any atom is -0.353 e. The van der Waals surface area contributed by atoms with Crippen LogP contribution >= 0.6 is 0 Å². The van der Waals surface area contributed by atoms with Crippen LogP contribution in [0.4, 0.5) is 0 Å². The van der Waals surface area contributed by atoms with Gasteiger partial charge in [-0.05, 0) is 86.9 Å². The van der Waals surface area contributed by atoms with Gasteiger partial charge in [0, 0.05) is 31.5 Å². The maximum Gasteiger partial charge on any atom is 0.226 e. The van der Waals surface area contributed by atoms with Gasteiger partial charge in [-0.3, -0.25) is 9.59 Å². The lowest BCUT2D eigenvalue weighted by molar-refractivity contribution is -0.171. The lowest BCUT2D eigenvalue weighted by atomic mass is 9.40. The zero-order chi connectivity index (χ0) is 20.3. The highest BCUT2D eigenvalue weighted by Gasteiger charge is 2.66. The number of hydrogen-bond donors (Lipinski definition) is 1. The van der Waals surface area contributed by atoms with E-state index in [0.717, 1.165) is 32.4 Å². The van der Waals surface area contributed by atoms with Crippen LogP contribution in [0.3, 0.4) is 0 Å². The summed E-state index contributed by atoms with van der Waals surface area (Å²) in [6, 6.07) is 0.342. The van der Waals surface area contributed by atoms with Crippen molar-refractivity contribution in [3.8, 4) is 0 Å². The Morgan fingerprint density at radius 2 is 1.64 bits per heavy atom. The van der Waals surface area contributed by atoms with Crippen LogP contribution in [0.25, 0.3) is 0 Å². The van der Waals surface area contributed by atoms with Crippen LogP contribution in [0.15, 0.2) is 0 Å². The van der Waals surface area contributed by atoms with Crippen molar-refractivity contribution < 1.29 is 9.59 Å². The number of carbonyl (C=O) groups is 2. The molecule has 1 aliphatic heterocycles. The van der Waals surface area contributed by atoms with Crippen molar-refractivity contribution in [3.05, 3.63) is 0 Å². The van der Waals surface area contributed by atoms with Gasteiger partial charge in [0.1, 0.15) is 0 Å². The van der Waals surface area contributed by atoms with Crippen molar-refractivity contribution in [3.63, 3.8) is 0 Å². The molecule has 3 saturated carbocycles. The topological polar surface area (TPSA) is 49.4 Å². The average molecular weight is 389 g/mol. The van der Waals surface area contributed by atoms with E-state index in [2.05, 4.69) is 44.8 Å². The average Bonchev–Trinajstić information content (AvgIpc) is 3.01. The summed E-state index contributed by atoms with van der Waals surface area (Å²) < 4.78 is 0.